The maximum Gasteiger partial charge on any atom is 0.326 e. The molecule has 1 aliphatic heterocycles. The van der Waals surface area contributed by atoms with E-state index in [9.17, 15) is 9.59 Å². The van der Waals surface area contributed by atoms with E-state index in [4.69, 9.17) is 5.11 Å². The molecule has 1 amide bonds. The Morgan fingerprint density at radius 2 is 2.00 bits per heavy atom. The summed E-state index contributed by atoms with van der Waals surface area (Å²) >= 11 is 0. The summed E-state index contributed by atoms with van der Waals surface area (Å²) in [5.41, 5.74) is 1.72. The summed E-state index contributed by atoms with van der Waals surface area (Å²) in [5.74, 6) is -1.20. The van der Waals surface area contributed by atoms with Crippen molar-refractivity contribution >= 4 is 11.9 Å². The second kappa shape index (κ2) is 4.44. The van der Waals surface area contributed by atoms with E-state index in [0.29, 0.717) is 5.57 Å². The minimum Gasteiger partial charge on any atom is -0.480 e. The average molecular weight is 212 g/mol. The lowest BCUT2D eigenvalue weighted by atomic mass is 10.0. The van der Waals surface area contributed by atoms with Gasteiger partial charge in [0.15, 0.2) is 0 Å². The first-order valence-corrected chi connectivity index (χ1v) is 4.84. The van der Waals surface area contributed by atoms with E-state index in [1.807, 2.05) is 0 Å². The van der Waals surface area contributed by atoms with Gasteiger partial charge in [0.25, 0.3) is 0 Å². The molecule has 0 aromatic heterocycles. The van der Waals surface area contributed by atoms with E-state index in [1.165, 1.54) is 18.9 Å². The Morgan fingerprint density at radius 1 is 1.47 bits per heavy atom. The molecule has 1 aliphatic rings. The highest BCUT2D eigenvalue weighted by molar-refractivity contribution is 5.96. The van der Waals surface area contributed by atoms with Gasteiger partial charge in [0, 0.05) is 25.7 Å². The highest BCUT2D eigenvalue weighted by Crippen LogP contribution is 2.12. The van der Waals surface area contributed by atoms with E-state index < -0.39 is 12.0 Å². The second-order valence-corrected chi connectivity index (χ2v) is 3.76. The summed E-state index contributed by atoms with van der Waals surface area (Å²) in [6.07, 6.45) is 0. The number of amides is 1. The summed E-state index contributed by atoms with van der Waals surface area (Å²) in [4.78, 5) is 23.8. The van der Waals surface area contributed by atoms with Crippen LogP contribution < -0.4 is 5.32 Å². The normalized spacial score (nSPS) is 16.6. The average Bonchev–Trinajstić information content (AvgIpc) is 2.11. The summed E-state index contributed by atoms with van der Waals surface area (Å²) in [6, 6.07) is -0.791. The zero-order chi connectivity index (χ0) is 11.6. The summed E-state index contributed by atoms with van der Waals surface area (Å²) in [7, 11) is 1.51. The van der Waals surface area contributed by atoms with Crippen molar-refractivity contribution in [2.45, 2.75) is 19.9 Å². The molecule has 0 saturated carbocycles. The number of carboxylic acid groups (broad SMARTS) is 1. The van der Waals surface area contributed by atoms with E-state index in [2.05, 4.69) is 5.32 Å². The van der Waals surface area contributed by atoms with Crippen LogP contribution in [0.4, 0.5) is 0 Å². The van der Waals surface area contributed by atoms with Crippen LogP contribution in [0.5, 0.6) is 0 Å². The lowest BCUT2D eigenvalue weighted by molar-refractivity contribution is -0.146. The number of carbonyl (C=O) groups is 2. The van der Waals surface area contributed by atoms with Gasteiger partial charge in [-0.2, -0.15) is 0 Å². The van der Waals surface area contributed by atoms with Crippen LogP contribution in [-0.4, -0.2) is 48.1 Å². The zero-order valence-corrected chi connectivity index (χ0v) is 9.20. The van der Waals surface area contributed by atoms with E-state index >= 15 is 0 Å². The van der Waals surface area contributed by atoms with E-state index in [1.54, 1.807) is 6.92 Å². The molecular weight excluding hydrogens is 196 g/mol. The molecule has 1 atom stereocenters. The molecule has 0 aromatic rings. The molecule has 0 bridgehead atoms. The van der Waals surface area contributed by atoms with Gasteiger partial charge in [0.05, 0.1) is 0 Å². The minimum absolute atomic E-state index is 0.207. The number of hydrogen-bond acceptors (Lipinski definition) is 3. The first-order valence-electron chi connectivity index (χ1n) is 4.84. The van der Waals surface area contributed by atoms with Crippen molar-refractivity contribution in [2.24, 2.45) is 0 Å². The van der Waals surface area contributed by atoms with Gasteiger partial charge >= 0.3 is 5.97 Å². The number of hydrogen-bond donors (Lipinski definition) is 2. The van der Waals surface area contributed by atoms with Gasteiger partial charge in [-0.3, -0.25) is 4.79 Å². The number of aliphatic carboxylic acids is 1. The van der Waals surface area contributed by atoms with E-state index in [0.717, 1.165) is 18.7 Å². The first-order chi connectivity index (χ1) is 6.95. The number of nitrogens with one attached hydrogen (secondary N) is 1. The molecule has 0 spiro atoms. The Balaban J connectivity index is 2.72. The van der Waals surface area contributed by atoms with Crippen molar-refractivity contribution in [2.75, 3.05) is 20.1 Å². The Hall–Kier alpha value is -1.36. The number of rotatable bonds is 3. The minimum atomic E-state index is -0.990. The molecule has 5 nitrogen and oxygen atoms in total. The monoisotopic (exact) mass is 212 g/mol. The first kappa shape index (κ1) is 11.7. The zero-order valence-electron chi connectivity index (χ0n) is 9.20. The molecule has 0 radical (unpaired) electrons. The van der Waals surface area contributed by atoms with Crippen molar-refractivity contribution in [3.05, 3.63) is 11.1 Å². The second-order valence-electron chi connectivity index (χ2n) is 3.76. The van der Waals surface area contributed by atoms with Gasteiger partial charge in [0.1, 0.15) is 6.04 Å². The fraction of sp³-hybridized carbons (Fsp3) is 0.600. The molecule has 1 unspecified atom stereocenters. The molecule has 1 fully saturated rings. The lowest BCUT2D eigenvalue weighted by Crippen LogP contribution is -2.43. The van der Waals surface area contributed by atoms with E-state index in [-0.39, 0.29) is 5.91 Å². The van der Waals surface area contributed by atoms with Crippen molar-refractivity contribution < 1.29 is 14.7 Å². The van der Waals surface area contributed by atoms with Gasteiger partial charge < -0.3 is 15.3 Å². The predicted octanol–water partition coefficient (Wildman–Crippen LogP) is -0.162. The molecule has 0 aliphatic carbocycles. The third-order valence-corrected chi connectivity index (χ3v) is 2.79. The Bertz CT molecular complexity index is 317. The molecule has 1 saturated heterocycles. The standard InChI is InChI=1S/C10H16N2O3/c1-6(8-4-11-5-8)9(13)12(3)7(2)10(14)15/h7,11H,4-5H2,1-3H3,(H,14,15). The van der Waals surface area contributed by atoms with Crippen molar-refractivity contribution in [3.8, 4) is 0 Å². The molecule has 1 rings (SSSR count). The van der Waals surface area contributed by atoms with Gasteiger partial charge in [0.2, 0.25) is 5.91 Å². The van der Waals surface area contributed by atoms with Crippen molar-refractivity contribution in [3.63, 3.8) is 0 Å². The molecule has 0 aromatic carbocycles. The molecule has 15 heavy (non-hydrogen) atoms. The topological polar surface area (TPSA) is 69.6 Å². The third kappa shape index (κ3) is 2.36. The Kier molecular flexibility index (Phi) is 3.47. The smallest absolute Gasteiger partial charge is 0.326 e. The predicted molar refractivity (Wildman–Crippen MR) is 55.4 cm³/mol. The van der Waals surface area contributed by atoms with Crippen LogP contribution >= 0.6 is 0 Å². The fourth-order valence-corrected chi connectivity index (χ4v) is 1.27. The summed E-state index contributed by atoms with van der Waals surface area (Å²) in [5, 5.41) is 11.8. The maximum absolute atomic E-state index is 11.8. The highest BCUT2D eigenvalue weighted by atomic mass is 16.4. The third-order valence-electron chi connectivity index (χ3n) is 2.79. The van der Waals surface area contributed by atoms with Crippen molar-refractivity contribution in [1.82, 2.24) is 10.2 Å². The van der Waals surface area contributed by atoms with Crippen LogP contribution in [0.2, 0.25) is 0 Å². The maximum atomic E-state index is 11.8. The van der Waals surface area contributed by atoms with Crippen LogP contribution in [0.3, 0.4) is 0 Å². The Labute approximate surface area is 88.8 Å². The Morgan fingerprint density at radius 3 is 2.33 bits per heavy atom. The number of carboxylic acids is 1. The summed E-state index contributed by atoms with van der Waals surface area (Å²) in [6.45, 7) is 4.69. The molecule has 5 heteroatoms. The van der Waals surface area contributed by atoms with Gasteiger partial charge in [-0.1, -0.05) is 0 Å². The fourth-order valence-electron chi connectivity index (χ4n) is 1.27. The number of carbonyl (C=O) groups excluding carboxylic acids is 1. The lowest BCUT2D eigenvalue weighted by Gasteiger charge is -2.26. The van der Waals surface area contributed by atoms with Gasteiger partial charge in [-0.15, -0.1) is 0 Å². The summed E-state index contributed by atoms with van der Waals surface area (Å²) < 4.78 is 0. The highest BCUT2D eigenvalue weighted by Gasteiger charge is 2.25. The van der Waals surface area contributed by atoms with Crippen LogP contribution in [0.15, 0.2) is 11.1 Å². The van der Waals surface area contributed by atoms with Crippen LogP contribution in [-0.2, 0) is 9.59 Å². The van der Waals surface area contributed by atoms with Gasteiger partial charge in [-0.05, 0) is 19.4 Å². The van der Waals surface area contributed by atoms with Crippen LogP contribution in [0.25, 0.3) is 0 Å². The van der Waals surface area contributed by atoms with Crippen molar-refractivity contribution in [1.29, 1.82) is 0 Å². The molecule has 1 heterocycles. The molecule has 2 N–H and O–H groups in total. The SMILES string of the molecule is CC(C(=O)N(C)C(C)C(=O)O)=C1CNC1. The van der Waals surface area contributed by atoms with Crippen LogP contribution in [0, 0.1) is 0 Å². The number of likely N-dealkylation sites (N-methyl/N-ethyl adjacent to an activating group) is 1. The van der Waals surface area contributed by atoms with Gasteiger partial charge in [-0.25, -0.2) is 4.79 Å². The molecule has 84 valence electrons. The van der Waals surface area contributed by atoms with Crippen LogP contribution in [0.1, 0.15) is 13.8 Å². The number of nitrogens with zero attached hydrogens (tertiary/aromatic N) is 1. The largest absolute Gasteiger partial charge is 0.480 e. The molecular formula is C10H16N2O3. The quantitative estimate of drug-likeness (QED) is 0.638.